The van der Waals surface area contributed by atoms with Gasteiger partial charge < -0.3 is 19.3 Å². The first-order valence-corrected chi connectivity index (χ1v) is 7.23. The molecule has 0 bridgehead atoms. The van der Waals surface area contributed by atoms with Crippen LogP contribution in [-0.4, -0.2) is 53.4 Å². The van der Waals surface area contributed by atoms with E-state index in [-0.39, 0.29) is 18.4 Å². The maximum absolute atomic E-state index is 12.7. The van der Waals surface area contributed by atoms with Gasteiger partial charge in [-0.15, -0.1) is 0 Å². The molecule has 1 atom stereocenters. The molecular formula is C15H24N2O3. The maximum Gasteiger partial charge on any atom is 0.255 e. The number of carbonyl (C=O) groups is 1. The minimum atomic E-state index is 0.0103. The molecule has 1 aliphatic heterocycles. The zero-order chi connectivity index (χ0) is 14.7. The Morgan fingerprint density at radius 2 is 2.25 bits per heavy atom. The largest absolute Gasteiger partial charge is 0.396 e. The second kappa shape index (κ2) is 6.41. The van der Waals surface area contributed by atoms with Gasteiger partial charge in [0, 0.05) is 43.5 Å². The van der Waals surface area contributed by atoms with E-state index in [9.17, 15) is 9.90 Å². The first kappa shape index (κ1) is 15.1. The number of aliphatic hydroxyl groups is 1. The fourth-order valence-corrected chi connectivity index (χ4v) is 2.85. The Balaban J connectivity index is 2.21. The molecule has 0 radical (unpaired) electrons. The van der Waals surface area contributed by atoms with Crippen LogP contribution in [-0.2, 0) is 11.3 Å². The van der Waals surface area contributed by atoms with Crippen molar-refractivity contribution in [3.8, 4) is 0 Å². The number of aliphatic hydroxyl groups excluding tert-OH is 1. The number of ether oxygens (including phenoxy) is 1. The highest BCUT2D eigenvalue weighted by atomic mass is 16.5. The van der Waals surface area contributed by atoms with Crippen LogP contribution in [0.25, 0.3) is 0 Å². The maximum atomic E-state index is 12.7. The first-order valence-electron chi connectivity index (χ1n) is 7.23. The second-order valence-electron chi connectivity index (χ2n) is 5.40. The van der Waals surface area contributed by atoms with Crippen LogP contribution in [0.1, 0.15) is 28.7 Å². The number of nitrogens with zero attached hydrogens (tertiary/aromatic N) is 2. The summed E-state index contributed by atoms with van der Waals surface area (Å²) in [4.78, 5) is 14.5. The number of hydrogen-bond donors (Lipinski definition) is 1. The molecule has 1 aromatic rings. The third-order valence-electron chi connectivity index (χ3n) is 4.00. The lowest BCUT2D eigenvalue weighted by atomic mass is 10.1. The third-order valence-corrected chi connectivity index (χ3v) is 4.00. The summed E-state index contributed by atoms with van der Waals surface area (Å²) >= 11 is 0. The summed E-state index contributed by atoms with van der Waals surface area (Å²) in [7, 11) is 0. The van der Waals surface area contributed by atoms with Crippen LogP contribution in [0.15, 0.2) is 6.07 Å². The number of hydrogen-bond acceptors (Lipinski definition) is 3. The van der Waals surface area contributed by atoms with Gasteiger partial charge in [0.1, 0.15) is 0 Å². The molecule has 1 saturated heterocycles. The van der Waals surface area contributed by atoms with Gasteiger partial charge >= 0.3 is 0 Å². The molecule has 0 spiro atoms. The van der Waals surface area contributed by atoms with Gasteiger partial charge in [-0.05, 0) is 26.8 Å². The number of aryl methyl sites for hydroxylation is 1. The van der Waals surface area contributed by atoms with E-state index in [1.165, 1.54) is 0 Å². The SMILES string of the molecule is CCn1c(C)cc(C(=O)N2CCOC[C@@H](CO)C2)c1C. The molecule has 0 aliphatic carbocycles. The standard InChI is InChI=1S/C15H24N2O3/c1-4-17-11(2)7-14(12(17)3)15(19)16-5-6-20-10-13(8-16)9-18/h7,13,18H,4-6,8-10H2,1-3H3/t13-/m1/s1. The molecule has 5 nitrogen and oxygen atoms in total. The van der Waals surface area contributed by atoms with Crippen molar-refractivity contribution in [2.24, 2.45) is 5.92 Å². The van der Waals surface area contributed by atoms with Gasteiger partial charge in [0.2, 0.25) is 0 Å². The Hall–Kier alpha value is -1.33. The molecule has 0 saturated carbocycles. The molecule has 0 unspecified atom stereocenters. The monoisotopic (exact) mass is 280 g/mol. The number of carbonyl (C=O) groups excluding carboxylic acids is 1. The topological polar surface area (TPSA) is 54.7 Å². The van der Waals surface area contributed by atoms with Gasteiger partial charge in [0.25, 0.3) is 5.91 Å². The van der Waals surface area contributed by atoms with Gasteiger partial charge in [-0.25, -0.2) is 0 Å². The lowest BCUT2D eigenvalue weighted by Crippen LogP contribution is -2.37. The highest BCUT2D eigenvalue weighted by molar-refractivity contribution is 5.95. The summed E-state index contributed by atoms with van der Waals surface area (Å²) in [5.74, 6) is 0.0536. The molecule has 20 heavy (non-hydrogen) atoms. The lowest BCUT2D eigenvalue weighted by molar-refractivity contribution is 0.0727. The third kappa shape index (κ3) is 2.88. The summed E-state index contributed by atoms with van der Waals surface area (Å²) in [6, 6.07) is 1.96. The summed E-state index contributed by atoms with van der Waals surface area (Å²) < 4.78 is 7.58. The lowest BCUT2D eigenvalue weighted by Gasteiger charge is -2.22. The fourth-order valence-electron chi connectivity index (χ4n) is 2.85. The van der Waals surface area contributed by atoms with Crippen LogP contribution in [0.4, 0.5) is 0 Å². The van der Waals surface area contributed by atoms with Crippen LogP contribution in [0.2, 0.25) is 0 Å². The van der Waals surface area contributed by atoms with E-state index >= 15 is 0 Å². The van der Waals surface area contributed by atoms with Crippen molar-refractivity contribution in [1.29, 1.82) is 0 Å². The minimum Gasteiger partial charge on any atom is -0.396 e. The number of amides is 1. The molecule has 1 aromatic heterocycles. The quantitative estimate of drug-likeness (QED) is 0.905. The van der Waals surface area contributed by atoms with E-state index < -0.39 is 0 Å². The average molecular weight is 280 g/mol. The van der Waals surface area contributed by atoms with Crippen LogP contribution in [0.5, 0.6) is 0 Å². The minimum absolute atomic E-state index is 0.0103. The van der Waals surface area contributed by atoms with E-state index in [0.717, 1.165) is 23.5 Å². The predicted molar refractivity (Wildman–Crippen MR) is 76.9 cm³/mol. The zero-order valence-electron chi connectivity index (χ0n) is 12.6. The highest BCUT2D eigenvalue weighted by Crippen LogP contribution is 2.18. The van der Waals surface area contributed by atoms with Crippen LogP contribution in [0, 0.1) is 19.8 Å². The summed E-state index contributed by atoms with van der Waals surface area (Å²) in [5.41, 5.74) is 2.89. The van der Waals surface area contributed by atoms with Crippen molar-refractivity contribution in [3.63, 3.8) is 0 Å². The van der Waals surface area contributed by atoms with Gasteiger partial charge in [-0.2, -0.15) is 0 Å². The Morgan fingerprint density at radius 3 is 2.85 bits per heavy atom. The van der Waals surface area contributed by atoms with Crippen molar-refractivity contribution in [1.82, 2.24) is 9.47 Å². The molecule has 5 heteroatoms. The second-order valence-corrected chi connectivity index (χ2v) is 5.40. The van der Waals surface area contributed by atoms with Crippen LogP contribution >= 0.6 is 0 Å². The van der Waals surface area contributed by atoms with E-state index in [2.05, 4.69) is 11.5 Å². The first-order chi connectivity index (χ1) is 9.58. The summed E-state index contributed by atoms with van der Waals surface area (Å²) in [5, 5.41) is 9.30. The van der Waals surface area contributed by atoms with Crippen LogP contribution in [0.3, 0.4) is 0 Å². The van der Waals surface area contributed by atoms with Crippen molar-refractivity contribution in [3.05, 3.63) is 23.0 Å². The van der Waals surface area contributed by atoms with Crippen molar-refractivity contribution in [2.45, 2.75) is 27.3 Å². The fraction of sp³-hybridized carbons (Fsp3) is 0.667. The highest BCUT2D eigenvalue weighted by Gasteiger charge is 2.25. The van der Waals surface area contributed by atoms with E-state index in [4.69, 9.17) is 4.74 Å². The Bertz CT molecular complexity index is 482. The Labute approximate surface area is 120 Å². The van der Waals surface area contributed by atoms with Gasteiger partial charge in [-0.1, -0.05) is 0 Å². The summed E-state index contributed by atoms with van der Waals surface area (Å²) in [6.07, 6.45) is 0. The molecule has 2 heterocycles. The zero-order valence-corrected chi connectivity index (χ0v) is 12.6. The van der Waals surface area contributed by atoms with E-state index in [1.807, 2.05) is 19.9 Å². The summed E-state index contributed by atoms with van der Waals surface area (Å²) in [6.45, 7) is 9.22. The average Bonchev–Trinajstić information content (AvgIpc) is 2.63. The van der Waals surface area contributed by atoms with Gasteiger partial charge in [0.05, 0.1) is 18.8 Å². The molecule has 1 N–H and O–H groups in total. The molecular weight excluding hydrogens is 256 g/mol. The predicted octanol–water partition coefficient (Wildman–Crippen LogP) is 1.21. The normalized spacial score (nSPS) is 20.0. The molecule has 1 aliphatic rings. The van der Waals surface area contributed by atoms with Crippen molar-refractivity contribution >= 4 is 5.91 Å². The smallest absolute Gasteiger partial charge is 0.255 e. The van der Waals surface area contributed by atoms with Gasteiger partial charge in [-0.3, -0.25) is 4.79 Å². The van der Waals surface area contributed by atoms with Crippen molar-refractivity contribution in [2.75, 3.05) is 32.9 Å². The van der Waals surface area contributed by atoms with Crippen molar-refractivity contribution < 1.29 is 14.6 Å². The molecule has 112 valence electrons. The number of rotatable bonds is 3. The van der Waals surface area contributed by atoms with E-state index in [0.29, 0.717) is 26.3 Å². The molecule has 2 rings (SSSR count). The Kier molecular flexibility index (Phi) is 4.83. The number of aromatic nitrogens is 1. The van der Waals surface area contributed by atoms with E-state index in [1.54, 1.807) is 4.90 Å². The Morgan fingerprint density at radius 1 is 1.50 bits per heavy atom. The molecule has 1 amide bonds. The van der Waals surface area contributed by atoms with Crippen LogP contribution < -0.4 is 0 Å². The van der Waals surface area contributed by atoms with Gasteiger partial charge in [0.15, 0.2) is 0 Å². The molecule has 0 aromatic carbocycles. The molecule has 1 fully saturated rings.